The molecule has 0 heterocycles. The van der Waals surface area contributed by atoms with Gasteiger partial charge in [0.2, 0.25) is 0 Å². The van der Waals surface area contributed by atoms with Crippen molar-refractivity contribution >= 4 is 0 Å². The van der Waals surface area contributed by atoms with Gasteiger partial charge in [-0.25, -0.2) is 0 Å². The van der Waals surface area contributed by atoms with Crippen molar-refractivity contribution in [3.05, 3.63) is 58.7 Å². The van der Waals surface area contributed by atoms with Crippen molar-refractivity contribution < 1.29 is 9.47 Å². The summed E-state index contributed by atoms with van der Waals surface area (Å²) >= 11 is 0. The van der Waals surface area contributed by atoms with Gasteiger partial charge in [-0.3, -0.25) is 0 Å². The second-order valence-electron chi connectivity index (χ2n) is 6.13. The van der Waals surface area contributed by atoms with Crippen LogP contribution in [0.25, 0.3) is 0 Å². The number of unbranched alkanes of at least 4 members (excludes halogenated alkanes) is 1. The van der Waals surface area contributed by atoms with Crippen LogP contribution in [0.15, 0.2) is 36.4 Å². The van der Waals surface area contributed by atoms with Crippen LogP contribution in [-0.2, 0) is 13.1 Å². The van der Waals surface area contributed by atoms with Crippen molar-refractivity contribution in [3.63, 3.8) is 0 Å². The van der Waals surface area contributed by atoms with Crippen LogP contribution in [0.1, 0.15) is 35.1 Å². The van der Waals surface area contributed by atoms with E-state index in [2.05, 4.69) is 43.4 Å². The summed E-state index contributed by atoms with van der Waals surface area (Å²) in [6.07, 6.45) is 1.22. The van der Waals surface area contributed by atoms with Gasteiger partial charge in [0.05, 0.1) is 19.8 Å². The average molecular weight is 338 g/mol. The van der Waals surface area contributed by atoms with Crippen LogP contribution in [0.5, 0.6) is 11.5 Å². The number of nitriles is 1. The summed E-state index contributed by atoms with van der Waals surface area (Å²) in [4.78, 5) is 0. The van der Waals surface area contributed by atoms with Gasteiger partial charge in [0.15, 0.2) is 11.5 Å². The fraction of sp³-hybridized carbons (Fsp3) is 0.381. The van der Waals surface area contributed by atoms with Crippen LogP contribution in [0.3, 0.4) is 0 Å². The fourth-order valence-corrected chi connectivity index (χ4v) is 2.66. The number of methoxy groups -OCH3 is 1. The SMILES string of the molecule is COc1ccc(CNCc2ccc(C)cc2C)cc1OCCCC#N. The molecule has 2 aromatic carbocycles. The van der Waals surface area contributed by atoms with E-state index in [0.29, 0.717) is 13.0 Å². The number of nitrogens with zero attached hydrogens (tertiary/aromatic N) is 1. The van der Waals surface area contributed by atoms with Gasteiger partial charge in [-0.2, -0.15) is 5.26 Å². The highest BCUT2D eigenvalue weighted by Gasteiger charge is 2.06. The second-order valence-corrected chi connectivity index (χ2v) is 6.13. The minimum atomic E-state index is 0.499. The highest BCUT2D eigenvalue weighted by molar-refractivity contribution is 5.43. The van der Waals surface area contributed by atoms with Gasteiger partial charge in [0.25, 0.3) is 0 Å². The van der Waals surface area contributed by atoms with Crippen LogP contribution in [0, 0.1) is 25.2 Å². The van der Waals surface area contributed by atoms with Gasteiger partial charge < -0.3 is 14.8 Å². The quantitative estimate of drug-likeness (QED) is 0.693. The monoisotopic (exact) mass is 338 g/mol. The lowest BCUT2D eigenvalue weighted by molar-refractivity contribution is 0.290. The number of ether oxygens (including phenoxy) is 2. The van der Waals surface area contributed by atoms with E-state index in [1.54, 1.807) is 7.11 Å². The molecule has 0 aliphatic carbocycles. The van der Waals surface area contributed by atoms with Crippen molar-refractivity contribution in [2.45, 2.75) is 39.8 Å². The summed E-state index contributed by atoms with van der Waals surface area (Å²) in [5, 5.41) is 12.1. The molecule has 4 nitrogen and oxygen atoms in total. The molecule has 0 bridgehead atoms. The Balaban J connectivity index is 1.93. The Labute approximate surface area is 150 Å². The van der Waals surface area contributed by atoms with Gasteiger partial charge in [-0.15, -0.1) is 0 Å². The number of hydrogen-bond donors (Lipinski definition) is 1. The molecule has 0 saturated heterocycles. The number of benzene rings is 2. The molecule has 0 saturated carbocycles. The van der Waals surface area contributed by atoms with Crippen LogP contribution in [-0.4, -0.2) is 13.7 Å². The first-order valence-corrected chi connectivity index (χ1v) is 8.57. The molecule has 0 spiro atoms. The summed E-state index contributed by atoms with van der Waals surface area (Å²) in [6.45, 7) is 6.36. The molecule has 0 amide bonds. The predicted octanol–water partition coefficient (Wildman–Crippen LogP) is 4.28. The molecule has 0 aromatic heterocycles. The molecule has 0 aliphatic rings. The smallest absolute Gasteiger partial charge is 0.161 e. The normalized spacial score (nSPS) is 10.3. The zero-order valence-electron chi connectivity index (χ0n) is 15.3. The third-order valence-corrected chi connectivity index (χ3v) is 4.06. The van der Waals surface area contributed by atoms with Gasteiger partial charge in [0.1, 0.15) is 0 Å². The van der Waals surface area contributed by atoms with Crippen LogP contribution in [0.2, 0.25) is 0 Å². The molecule has 0 unspecified atom stereocenters. The first-order chi connectivity index (χ1) is 12.1. The van der Waals surface area contributed by atoms with Gasteiger partial charge in [-0.05, 0) is 49.1 Å². The minimum absolute atomic E-state index is 0.499. The first kappa shape index (κ1) is 18.8. The van der Waals surface area contributed by atoms with Crippen LogP contribution in [0.4, 0.5) is 0 Å². The zero-order chi connectivity index (χ0) is 18.1. The molecule has 0 fully saturated rings. The maximum Gasteiger partial charge on any atom is 0.161 e. The lowest BCUT2D eigenvalue weighted by Gasteiger charge is -2.13. The third kappa shape index (κ3) is 5.81. The molecule has 0 aliphatic heterocycles. The van der Waals surface area contributed by atoms with E-state index in [1.807, 2.05) is 18.2 Å². The highest BCUT2D eigenvalue weighted by atomic mass is 16.5. The number of aryl methyl sites for hydroxylation is 2. The topological polar surface area (TPSA) is 54.3 Å². The van der Waals surface area contributed by atoms with Gasteiger partial charge in [0, 0.05) is 19.5 Å². The largest absolute Gasteiger partial charge is 0.493 e. The molecule has 0 atom stereocenters. The molecule has 25 heavy (non-hydrogen) atoms. The Kier molecular flexibility index (Phi) is 7.31. The number of hydrogen-bond acceptors (Lipinski definition) is 4. The van der Waals surface area contributed by atoms with Crippen molar-refractivity contribution in [1.82, 2.24) is 5.32 Å². The summed E-state index contributed by atoms with van der Waals surface area (Å²) in [5.41, 5.74) is 5.05. The van der Waals surface area contributed by atoms with Crippen molar-refractivity contribution in [1.29, 1.82) is 5.26 Å². The van der Waals surface area contributed by atoms with E-state index in [1.165, 1.54) is 16.7 Å². The summed E-state index contributed by atoms with van der Waals surface area (Å²) in [6, 6.07) is 14.6. The number of rotatable bonds is 9. The lowest BCUT2D eigenvalue weighted by atomic mass is 10.1. The predicted molar refractivity (Wildman–Crippen MR) is 99.8 cm³/mol. The Hall–Kier alpha value is -2.51. The molecule has 0 radical (unpaired) electrons. The van der Waals surface area contributed by atoms with Crippen molar-refractivity contribution in [2.24, 2.45) is 0 Å². The second kappa shape index (κ2) is 9.71. The Bertz CT molecular complexity index is 735. The summed E-state index contributed by atoms with van der Waals surface area (Å²) in [5.74, 6) is 1.45. The molecular weight excluding hydrogens is 312 g/mol. The van der Waals surface area contributed by atoms with E-state index in [4.69, 9.17) is 14.7 Å². The third-order valence-electron chi connectivity index (χ3n) is 4.06. The molecular formula is C21H26N2O2. The Morgan fingerprint density at radius 2 is 1.88 bits per heavy atom. The van der Waals surface area contributed by atoms with Gasteiger partial charge >= 0.3 is 0 Å². The zero-order valence-corrected chi connectivity index (χ0v) is 15.3. The van der Waals surface area contributed by atoms with Crippen molar-refractivity contribution in [2.75, 3.05) is 13.7 Å². The molecule has 1 N–H and O–H groups in total. The van der Waals surface area contributed by atoms with E-state index in [-0.39, 0.29) is 0 Å². The van der Waals surface area contributed by atoms with Gasteiger partial charge in [-0.1, -0.05) is 29.8 Å². The Morgan fingerprint density at radius 1 is 1.04 bits per heavy atom. The van der Waals surface area contributed by atoms with Crippen molar-refractivity contribution in [3.8, 4) is 17.6 Å². The minimum Gasteiger partial charge on any atom is -0.493 e. The molecule has 132 valence electrons. The van der Waals surface area contributed by atoms with E-state index < -0.39 is 0 Å². The van der Waals surface area contributed by atoms with Crippen LogP contribution < -0.4 is 14.8 Å². The van der Waals surface area contributed by atoms with E-state index >= 15 is 0 Å². The lowest BCUT2D eigenvalue weighted by Crippen LogP contribution is -2.13. The van der Waals surface area contributed by atoms with E-state index in [9.17, 15) is 0 Å². The fourth-order valence-electron chi connectivity index (χ4n) is 2.66. The molecule has 4 heteroatoms. The first-order valence-electron chi connectivity index (χ1n) is 8.57. The summed E-state index contributed by atoms with van der Waals surface area (Å²) < 4.78 is 11.1. The highest BCUT2D eigenvalue weighted by Crippen LogP contribution is 2.28. The maximum atomic E-state index is 8.60. The number of nitrogens with one attached hydrogen (secondary N) is 1. The average Bonchev–Trinajstić information content (AvgIpc) is 2.61. The standard InChI is InChI=1S/C21H26N2O2/c1-16-6-8-19(17(2)12-16)15-23-14-18-7-9-20(24-3)21(13-18)25-11-5-4-10-22/h6-9,12-13,23H,4-5,11,14-15H2,1-3H3. The molecule has 2 aromatic rings. The van der Waals surface area contributed by atoms with E-state index in [0.717, 1.165) is 36.6 Å². The Morgan fingerprint density at radius 3 is 2.60 bits per heavy atom. The summed E-state index contributed by atoms with van der Waals surface area (Å²) in [7, 11) is 1.63. The molecule has 2 rings (SSSR count). The maximum absolute atomic E-state index is 8.60. The van der Waals surface area contributed by atoms with Crippen LogP contribution >= 0.6 is 0 Å².